The van der Waals surface area contributed by atoms with Gasteiger partial charge >= 0.3 is 7.12 Å². The number of benzene rings is 6. The van der Waals surface area contributed by atoms with Crippen molar-refractivity contribution in [1.82, 2.24) is 0 Å². The molecule has 6 aromatic rings. The molecule has 0 radical (unpaired) electrons. The third-order valence-electron chi connectivity index (χ3n) is 10.3. The Bertz CT molecular complexity index is 1990. The van der Waals surface area contributed by atoms with Crippen molar-refractivity contribution in [2.45, 2.75) is 44.3 Å². The second kappa shape index (κ2) is 7.23. The van der Waals surface area contributed by atoms with Gasteiger partial charge in [-0.05, 0) is 98.9 Å². The van der Waals surface area contributed by atoms with Crippen molar-refractivity contribution in [2.75, 3.05) is 0 Å². The summed E-state index contributed by atoms with van der Waals surface area (Å²) in [5, 5.41) is 8.11. The van der Waals surface area contributed by atoms with Crippen molar-refractivity contribution in [2.24, 2.45) is 0 Å². The van der Waals surface area contributed by atoms with Gasteiger partial charge in [-0.15, -0.1) is 0 Å². The fourth-order valence-electron chi connectivity index (χ4n) is 7.82. The highest BCUT2D eigenvalue weighted by atomic mass is 16.7. The summed E-state index contributed by atoms with van der Waals surface area (Å²) >= 11 is 0. The molecule has 1 fully saturated rings. The van der Waals surface area contributed by atoms with Crippen LogP contribution in [0.2, 0.25) is 0 Å². The number of rotatable bonds is 1. The van der Waals surface area contributed by atoms with Crippen LogP contribution in [0.15, 0.2) is 103 Å². The highest BCUT2D eigenvalue weighted by Gasteiger charge is 2.54. The van der Waals surface area contributed by atoms with Crippen molar-refractivity contribution in [3.8, 4) is 11.1 Å². The maximum Gasteiger partial charge on any atom is 0.494 e. The summed E-state index contributed by atoms with van der Waals surface area (Å²) in [7, 11) is -0.392. The first-order valence-corrected chi connectivity index (χ1v) is 14.3. The average molecular weight is 516 g/mol. The van der Waals surface area contributed by atoms with Gasteiger partial charge in [0.25, 0.3) is 0 Å². The van der Waals surface area contributed by atoms with E-state index in [2.05, 4.69) is 131 Å². The van der Waals surface area contributed by atoms with Crippen molar-refractivity contribution in [3.63, 3.8) is 0 Å². The van der Waals surface area contributed by atoms with Gasteiger partial charge in [-0.25, -0.2) is 0 Å². The summed E-state index contributed by atoms with van der Waals surface area (Å²) in [5.41, 5.74) is 7.99. The molecule has 0 aromatic heterocycles. The summed E-state index contributed by atoms with van der Waals surface area (Å²) in [6.45, 7) is 8.47. The van der Waals surface area contributed by atoms with E-state index in [1.165, 1.54) is 65.7 Å². The van der Waals surface area contributed by atoms with E-state index in [1.54, 1.807) is 0 Å². The minimum absolute atomic E-state index is 0.362. The molecule has 0 atom stereocenters. The van der Waals surface area contributed by atoms with Crippen molar-refractivity contribution < 1.29 is 9.31 Å². The molecule has 2 aliphatic carbocycles. The molecule has 1 saturated heterocycles. The molecule has 9 rings (SSSR count). The van der Waals surface area contributed by atoms with Crippen LogP contribution in [-0.4, -0.2) is 18.3 Å². The van der Waals surface area contributed by atoms with E-state index in [9.17, 15) is 0 Å². The largest absolute Gasteiger partial charge is 0.494 e. The number of fused-ring (bicyclic) bond motifs is 10. The molecule has 0 amide bonds. The van der Waals surface area contributed by atoms with E-state index >= 15 is 0 Å². The lowest BCUT2D eigenvalue weighted by atomic mass is 9.69. The summed E-state index contributed by atoms with van der Waals surface area (Å²) in [5.74, 6) is 0. The van der Waals surface area contributed by atoms with Gasteiger partial charge in [0.05, 0.1) is 16.6 Å². The van der Waals surface area contributed by atoms with Crippen LogP contribution in [0.3, 0.4) is 0 Å². The molecular weight excluding hydrogens is 487 g/mol. The van der Waals surface area contributed by atoms with Gasteiger partial charge in [-0.1, -0.05) is 103 Å². The molecule has 3 heteroatoms. The van der Waals surface area contributed by atoms with E-state index in [0.29, 0.717) is 0 Å². The Morgan fingerprint density at radius 3 is 1.60 bits per heavy atom. The van der Waals surface area contributed by atoms with E-state index in [1.807, 2.05) is 0 Å². The van der Waals surface area contributed by atoms with Crippen LogP contribution in [0.4, 0.5) is 0 Å². The Kier molecular flexibility index (Phi) is 4.13. The Labute approximate surface area is 234 Å². The highest BCUT2D eigenvalue weighted by molar-refractivity contribution is 6.62. The summed E-state index contributed by atoms with van der Waals surface area (Å²) in [4.78, 5) is 0. The van der Waals surface area contributed by atoms with E-state index in [4.69, 9.17) is 9.31 Å². The fraction of sp³-hybridized carbons (Fsp3) is 0.189. The van der Waals surface area contributed by atoms with Crippen LogP contribution in [0.25, 0.3) is 43.4 Å². The molecule has 0 saturated carbocycles. The first-order valence-electron chi connectivity index (χ1n) is 14.3. The topological polar surface area (TPSA) is 18.5 Å². The van der Waals surface area contributed by atoms with Gasteiger partial charge in [0.15, 0.2) is 0 Å². The lowest BCUT2D eigenvalue weighted by molar-refractivity contribution is 0.00578. The minimum Gasteiger partial charge on any atom is -0.399 e. The Morgan fingerprint density at radius 1 is 0.475 bits per heavy atom. The minimum atomic E-state index is -0.392. The Balaban J connectivity index is 1.38. The molecule has 3 aliphatic rings. The first kappa shape index (κ1) is 22.9. The molecule has 192 valence electrons. The van der Waals surface area contributed by atoms with Gasteiger partial charge < -0.3 is 9.31 Å². The van der Waals surface area contributed by atoms with Crippen LogP contribution in [0.1, 0.15) is 49.9 Å². The van der Waals surface area contributed by atoms with Crippen molar-refractivity contribution >= 4 is 44.9 Å². The molecule has 1 heterocycles. The molecular formula is C37H29BO2. The fourth-order valence-corrected chi connectivity index (χ4v) is 7.82. The van der Waals surface area contributed by atoms with Crippen molar-refractivity contribution in [3.05, 3.63) is 125 Å². The summed E-state index contributed by atoms with van der Waals surface area (Å²) in [6, 6.07) is 38.6. The lowest BCUT2D eigenvalue weighted by Gasteiger charge is -2.32. The summed E-state index contributed by atoms with van der Waals surface area (Å²) < 4.78 is 13.0. The van der Waals surface area contributed by atoms with E-state index < -0.39 is 7.12 Å². The highest BCUT2D eigenvalue weighted by Crippen LogP contribution is 2.62. The molecule has 0 bridgehead atoms. The number of hydrogen-bond acceptors (Lipinski definition) is 2. The zero-order valence-corrected chi connectivity index (χ0v) is 23.2. The van der Waals surface area contributed by atoms with Crippen LogP contribution in [0.5, 0.6) is 0 Å². The third-order valence-corrected chi connectivity index (χ3v) is 10.3. The molecule has 0 N–H and O–H groups in total. The molecule has 6 aromatic carbocycles. The predicted molar refractivity (Wildman–Crippen MR) is 166 cm³/mol. The quantitative estimate of drug-likeness (QED) is 0.162. The molecule has 0 unspecified atom stereocenters. The van der Waals surface area contributed by atoms with Crippen LogP contribution >= 0.6 is 0 Å². The molecule has 1 aliphatic heterocycles. The summed E-state index contributed by atoms with van der Waals surface area (Å²) in [6.07, 6.45) is 0. The van der Waals surface area contributed by atoms with Crippen LogP contribution < -0.4 is 5.46 Å². The Hall–Kier alpha value is -3.92. The third kappa shape index (κ3) is 2.50. The molecule has 40 heavy (non-hydrogen) atoms. The van der Waals surface area contributed by atoms with Gasteiger partial charge in [0.1, 0.15) is 0 Å². The lowest BCUT2D eigenvalue weighted by Crippen LogP contribution is -2.41. The first-order chi connectivity index (χ1) is 19.3. The standard InChI is InChI=1S/C37H29BO2/c1-35(2)36(3,4)40-38(39-35)22-19-20-30-28(21-22)25-13-7-8-16-29(25)37(30)31-17-9-14-26-23-11-5-6-12-24(23)27-15-10-18-32(37)34(27)33(26)31/h5-21H,1-4H3. The maximum atomic E-state index is 6.48. The maximum absolute atomic E-state index is 6.48. The van der Waals surface area contributed by atoms with E-state index in [-0.39, 0.29) is 16.6 Å². The van der Waals surface area contributed by atoms with Crippen LogP contribution in [0, 0.1) is 0 Å². The smallest absolute Gasteiger partial charge is 0.399 e. The molecule has 2 nitrogen and oxygen atoms in total. The number of hydrogen-bond donors (Lipinski definition) is 0. The zero-order valence-electron chi connectivity index (χ0n) is 23.2. The predicted octanol–water partition coefficient (Wildman–Crippen LogP) is 8.12. The monoisotopic (exact) mass is 516 g/mol. The van der Waals surface area contributed by atoms with Gasteiger partial charge in [0, 0.05) is 0 Å². The zero-order chi connectivity index (χ0) is 27.0. The van der Waals surface area contributed by atoms with Crippen LogP contribution in [-0.2, 0) is 14.7 Å². The Morgan fingerprint density at radius 2 is 0.975 bits per heavy atom. The SMILES string of the molecule is CC1(C)OB(c2ccc3c(c2)-c2ccccc2C32c3cccc4c5ccccc5c5cccc2c5c34)OC1(C)C. The van der Waals surface area contributed by atoms with Gasteiger partial charge in [-0.2, -0.15) is 0 Å². The molecule has 1 spiro atoms. The van der Waals surface area contributed by atoms with Crippen molar-refractivity contribution in [1.29, 1.82) is 0 Å². The van der Waals surface area contributed by atoms with Gasteiger partial charge in [-0.3, -0.25) is 0 Å². The van der Waals surface area contributed by atoms with Gasteiger partial charge in [0.2, 0.25) is 0 Å². The van der Waals surface area contributed by atoms with E-state index in [0.717, 1.165) is 5.46 Å². The second-order valence-corrected chi connectivity index (χ2v) is 12.7. The normalized spacial score (nSPS) is 18.9. The average Bonchev–Trinajstić information content (AvgIpc) is 3.52. The second-order valence-electron chi connectivity index (χ2n) is 12.7.